The molecule has 1 aliphatic heterocycles. The van der Waals surface area contributed by atoms with E-state index >= 15 is 0 Å². The zero-order valence-electron chi connectivity index (χ0n) is 19.6. The summed E-state index contributed by atoms with van der Waals surface area (Å²) in [6.45, 7) is 6.38. The number of rotatable bonds is 7. The molecule has 1 saturated heterocycles. The summed E-state index contributed by atoms with van der Waals surface area (Å²) in [5, 5.41) is 5.63. The van der Waals surface area contributed by atoms with Crippen molar-refractivity contribution < 1.29 is 14.0 Å². The summed E-state index contributed by atoms with van der Waals surface area (Å²) in [4.78, 5) is 30.4. The zero-order valence-corrected chi connectivity index (χ0v) is 19.6. The van der Waals surface area contributed by atoms with Crippen LogP contribution in [0, 0.1) is 6.92 Å². The SMILES string of the molecule is Cc1cccc(C(=O)N/C(=C\c2ccco2)C(=O)NCc2ccc(N3CCN(C)CC3)cc2)c1. The number of likely N-dealkylation sites (N-methyl/N-ethyl adjacent to an activating group) is 1. The Bertz CT molecular complexity index is 1140. The van der Waals surface area contributed by atoms with Crippen LogP contribution in [0.4, 0.5) is 5.69 Å². The van der Waals surface area contributed by atoms with E-state index in [1.807, 2.05) is 31.2 Å². The van der Waals surface area contributed by atoms with Gasteiger partial charge in [-0.05, 0) is 55.9 Å². The highest BCUT2D eigenvalue weighted by Gasteiger charge is 2.16. The molecule has 3 aromatic rings. The molecule has 0 radical (unpaired) electrons. The number of hydrogen-bond acceptors (Lipinski definition) is 5. The third-order valence-electron chi connectivity index (χ3n) is 5.86. The lowest BCUT2D eigenvalue weighted by molar-refractivity contribution is -0.117. The molecule has 7 heteroatoms. The van der Waals surface area contributed by atoms with Gasteiger partial charge in [0.2, 0.25) is 0 Å². The number of anilines is 1. The minimum Gasteiger partial charge on any atom is -0.465 e. The van der Waals surface area contributed by atoms with Crippen LogP contribution >= 0.6 is 0 Å². The van der Waals surface area contributed by atoms with E-state index in [4.69, 9.17) is 4.42 Å². The second-order valence-electron chi connectivity index (χ2n) is 8.54. The van der Waals surface area contributed by atoms with Gasteiger partial charge in [0.15, 0.2) is 0 Å². The highest BCUT2D eigenvalue weighted by molar-refractivity contribution is 6.05. The number of furan rings is 1. The van der Waals surface area contributed by atoms with Gasteiger partial charge in [-0.2, -0.15) is 0 Å². The molecule has 4 rings (SSSR count). The Morgan fingerprint density at radius 3 is 2.44 bits per heavy atom. The van der Waals surface area contributed by atoms with Crippen LogP contribution in [0.3, 0.4) is 0 Å². The van der Waals surface area contributed by atoms with Crippen molar-refractivity contribution >= 4 is 23.6 Å². The van der Waals surface area contributed by atoms with E-state index < -0.39 is 0 Å². The Morgan fingerprint density at radius 2 is 1.76 bits per heavy atom. The van der Waals surface area contributed by atoms with Crippen molar-refractivity contribution in [1.29, 1.82) is 0 Å². The molecule has 176 valence electrons. The molecule has 2 amide bonds. The van der Waals surface area contributed by atoms with Gasteiger partial charge in [-0.1, -0.05) is 29.8 Å². The fourth-order valence-electron chi connectivity index (χ4n) is 3.82. The van der Waals surface area contributed by atoms with E-state index in [0.717, 1.165) is 37.3 Å². The molecule has 2 aromatic carbocycles. The van der Waals surface area contributed by atoms with E-state index in [2.05, 4.69) is 39.6 Å². The molecule has 1 aliphatic rings. The number of carbonyl (C=O) groups excluding carboxylic acids is 2. The number of hydrogen-bond donors (Lipinski definition) is 2. The number of nitrogens with one attached hydrogen (secondary N) is 2. The largest absolute Gasteiger partial charge is 0.465 e. The van der Waals surface area contributed by atoms with Crippen LogP contribution in [0.1, 0.15) is 27.2 Å². The molecule has 2 heterocycles. The van der Waals surface area contributed by atoms with Crippen LogP contribution in [-0.2, 0) is 11.3 Å². The first-order valence-corrected chi connectivity index (χ1v) is 11.4. The normalized spacial score (nSPS) is 14.6. The van der Waals surface area contributed by atoms with Crippen molar-refractivity contribution in [3.63, 3.8) is 0 Å². The van der Waals surface area contributed by atoms with E-state index in [0.29, 0.717) is 17.9 Å². The van der Waals surface area contributed by atoms with Crippen LogP contribution in [0.15, 0.2) is 77.0 Å². The van der Waals surface area contributed by atoms with Crippen molar-refractivity contribution in [2.75, 3.05) is 38.1 Å². The number of benzene rings is 2. The number of aryl methyl sites for hydroxylation is 1. The fourth-order valence-corrected chi connectivity index (χ4v) is 3.82. The minimum atomic E-state index is -0.388. The standard InChI is InChI=1S/C27H30N4O3/c1-20-5-3-6-22(17-20)26(32)29-25(18-24-7-4-16-34-24)27(33)28-19-21-8-10-23(11-9-21)31-14-12-30(2)13-15-31/h3-11,16-18H,12-15,19H2,1-2H3,(H,28,33)(H,29,32)/b25-18-. The summed E-state index contributed by atoms with van der Waals surface area (Å²) in [6, 6.07) is 18.9. The molecule has 1 fully saturated rings. The van der Waals surface area contributed by atoms with E-state index in [1.165, 1.54) is 18.0 Å². The lowest BCUT2D eigenvalue weighted by Crippen LogP contribution is -2.44. The maximum atomic E-state index is 13.0. The summed E-state index contributed by atoms with van der Waals surface area (Å²) in [5.74, 6) is -0.264. The van der Waals surface area contributed by atoms with Gasteiger partial charge in [0.1, 0.15) is 11.5 Å². The summed E-state index contributed by atoms with van der Waals surface area (Å²) in [5.41, 5.74) is 3.74. The van der Waals surface area contributed by atoms with Gasteiger partial charge in [-0.15, -0.1) is 0 Å². The van der Waals surface area contributed by atoms with Gasteiger partial charge in [0, 0.05) is 50.1 Å². The molecule has 0 aliphatic carbocycles. The average Bonchev–Trinajstić information content (AvgIpc) is 3.36. The molecule has 7 nitrogen and oxygen atoms in total. The van der Waals surface area contributed by atoms with Crippen molar-refractivity contribution in [1.82, 2.24) is 15.5 Å². The van der Waals surface area contributed by atoms with Crippen molar-refractivity contribution in [2.45, 2.75) is 13.5 Å². The topological polar surface area (TPSA) is 77.8 Å². The van der Waals surface area contributed by atoms with Crippen molar-refractivity contribution in [2.24, 2.45) is 0 Å². The molecule has 0 bridgehead atoms. The van der Waals surface area contributed by atoms with Crippen molar-refractivity contribution in [3.05, 3.63) is 95.1 Å². The second-order valence-corrected chi connectivity index (χ2v) is 8.54. The van der Waals surface area contributed by atoms with E-state index in [-0.39, 0.29) is 17.5 Å². The second kappa shape index (κ2) is 10.9. The maximum absolute atomic E-state index is 13.0. The molecule has 0 saturated carbocycles. The molecule has 1 aromatic heterocycles. The smallest absolute Gasteiger partial charge is 0.268 e. The van der Waals surface area contributed by atoms with Gasteiger partial charge in [0.05, 0.1) is 6.26 Å². The molecular formula is C27H30N4O3. The van der Waals surface area contributed by atoms with E-state index in [9.17, 15) is 9.59 Å². The highest BCUT2D eigenvalue weighted by atomic mass is 16.3. The van der Waals surface area contributed by atoms with Gasteiger partial charge in [-0.3, -0.25) is 9.59 Å². The van der Waals surface area contributed by atoms with Crippen LogP contribution in [0.25, 0.3) is 6.08 Å². The molecule has 0 atom stereocenters. The highest BCUT2D eigenvalue weighted by Crippen LogP contribution is 2.17. The van der Waals surface area contributed by atoms with Gasteiger partial charge in [-0.25, -0.2) is 0 Å². The molecular weight excluding hydrogens is 428 g/mol. The number of amides is 2. The summed E-state index contributed by atoms with van der Waals surface area (Å²) < 4.78 is 5.35. The monoisotopic (exact) mass is 458 g/mol. The zero-order chi connectivity index (χ0) is 23.9. The lowest BCUT2D eigenvalue weighted by atomic mass is 10.1. The fraction of sp³-hybridized carbons (Fsp3) is 0.259. The van der Waals surface area contributed by atoms with Crippen LogP contribution in [-0.4, -0.2) is 49.9 Å². The Labute approximate surface area is 200 Å². The molecule has 2 N–H and O–H groups in total. The van der Waals surface area contributed by atoms with Crippen molar-refractivity contribution in [3.8, 4) is 0 Å². The van der Waals surface area contributed by atoms with Gasteiger partial charge in [0.25, 0.3) is 11.8 Å². The first-order chi connectivity index (χ1) is 16.5. The lowest BCUT2D eigenvalue weighted by Gasteiger charge is -2.34. The number of carbonyl (C=O) groups is 2. The minimum absolute atomic E-state index is 0.121. The predicted octanol–water partition coefficient (Wildman–Crippen LogP) is 3.43. The third-order valence-corrected chi connectivity index (χ3v) is 5.86. The Balaban J connectivity index is 1.41. The summed E-state index contributed by atoms with van der Waals surface area (Å²) in [6.07, 6.45) is 3.05. The number of piperazine rings is 1. The number of nitrogens with zero attached hydrogens (tertiary/aromatic N) is 2. The third kappa shape index (κ3) is 6.14. The summed E-state index contributed by atoms with van der Waals surface area (Å²) >= 11 is 0. The van der Waals surface area contributed by atoms with Gasteiger partial charge >= 0.3 is 0 Å². The Kier molecular flexibility index (Phi) is 7.44. The molecule has 0 unspecified atom stereocenters. The Morgan fingerprint density at radius 1 is 1.00 bits per heavy atom. The summed E-state index contributed by atoms with van der Waals surface area (Å²) in [7, 11) is 2.14. The maximum Gasteiger partial charge on any atom is 0.268 e. The molecule has 34 heavy (non-hydrogen) atoms. The van der Waals surface area contributed by atoms with Crippen LogP contribution < -0.4 is 15.5 Å². The molecule has 0 spiro atoms. The van der Waals surface area contributed by atoms with E-state index in [1.54, 1.807) is 24.3 Å². The quantitative estimate of drug-likeness (QED) is 0.531. The predicted molar refractivity (Wildman–Crippen MR) is 133 cm³/mol. The first-order valence-electron chi connectivity index (χ1n) is 11.4. The average molecular weight is 459 g/mol. The Hall–Kier alpha value is -3.84. The first kappa shape index (κ1) is 23.3. The van der Waals surface area contributed by atoms with Gasteiger partial charge < -0.3 is 24.9 Å². The van der Waals surface area contributed by atoms with Crippen LogP contribution in [0.2, 0.25) is 0 Å². The van der Waals surface area contributed by atoms with Crippen LogP contribution in [0.5, 0.6) is 0 Å².